The van der Waals surface area contributed by atoms with Gasteiger partial charge in [0, 0.05) is 11.5 Å². The van der Waals surface area contributed by atoms with Crippen LogP contribution in [0.1, 0.15) is 0 Å². The number of phenols is 1. The van der Waals surface area contributed by atoms with Crippen molar-refractivity contribution in [1.82, 2.24) is 9.55 Å². The number of benzene rings is 2. The highest BCUT2D eigenvalue weighted by molar-refractivity contribution is 9.10. The minimum atomic E-state index is -1.61. The van der Waals surface area contributed by atoms with E-state index in [2.05, 4.69) is 20.9 Å². The first-order valence-corrected chi connectivity index (χ1v) is 6.68. The summed E-state index contributed by atoms with van der Waals surface area (Å²) in [5.74, 6) is -5.45. The van der Waals surface area contributed by atoms with Gasteiger partial charge >= 0.3 is 0 Å². The van der Waals surface area contributed by atoms with E-state index >= 15 is 0 Å². The van der Waals surface area contributed by atoms with Crippen molar-refractivity contribution < 1.29 is 18.3 Å². The average molecular weight is 357 g/mol. The first kappa shape index (κ1) is 13.9. The molecule has 0 aliphatic rings. The third-order valence-electron chi connectivity index (χ3n) is 3.22. The maximum Gasteiger partial charge on any atom is 0.203 e. The van der Waals surface area contributed by atoms with Gasteiger partial charge in [0.15, 0.2) is 17.4 Å². The molecule has 3 rings (SSSR count). The maximum absolute atomic E-state index is 14.0. The number of hydrogen-bond donors (Lipinski definition) is 1. The summed E-state index contributed by atoms with van der Waals surface area (Å²) < 4.78 is 42.9. The topological polar surface area (TPSA) is 38.0 Å². The summed E-state index contributed by atoms with van der Waals surface area (Å²) in [4.78, 5) is 4.21. The van der Waals surface area contributed by atoms with Crippen LogP contribution in [-0.2, 0) is 7.05 Å². The number of imidazole rings is 1. The number of fused-ring (bicyclic) bond motifs is 1. The number of aromatic nitrogens is 2. The summed E-state index contributed by atoms with van der Waals surface area (Å²) >= 11 is 3.30. The maximum atomic E-state index is 14.0. The highest BCUT2D eigenvalue weighted by Crippen LogP contribution is 2.33. The molecule has 0 saturated carbocycles. The molecule has 0 unspecified atom stereocenters. The molecule has 0 spiro atoms. The van der Waals surface area contributed by atoms with Gasteiger partial charge in [-0.2, -0.15) is 4.39 Å². The van der Waals surface area contributed by atoms with Crippen molar-refractivity contribution in [3.63, 3.8) is 0 Å². The first-order valence-electron chi connectivity index (χ1n) is 5.89. The lowest BCUT2D eigenvalue weighted by Crippen LogP contribution is -1.98. The molecule has 1 heterocycles. The molecule has 1 N–H and O–H groups in total. The lowest BCUT2D eigenvalue weighted by molar-refractivity contribution is 0.377. The monoisotopic (exact) mass is 356 g/mol. The fraction of sp³-hybridized carbons (Fsp3) is 0.0714. The minimum Gasteiger partial charge on any atom is -0.503 e. The second-order valence-electron chi connectivity index (χ2n) is 4.51. The molecule has 0 bridgehead atoms. The van der Waals surface area contributed by atoms with Gasteiger partial charge in [-0.05, 0) is 24.3 Å². The van der Waals surface area contributed by atoms with E-state index in [0.29, 0.717) is 17.1 Å². The zero-order chi connectivity index (χ0) is 15.3. The fourth-order valence-corrected chi connectivity index (χ4v) is 2.52. The zero-order valence-electron chi connectivity index (χ0n) is 10.7. The molecule has 3 aromatic rings. The molecular formula is C14H8BrF3N2O. The van der Waals surface area contributed by atoms with E-state index in [1.807, 2.05) is 0 Å². The van der Waals surface area contributed by atoms with Crippen LogP contribution >= 0.6 is 15.9 Å². The number of aromatic hydroxyl groups is 1. The Morgan fingerprint density at radius 1 is 1.14 bits per heavy atom. The van der Waals surface area contributed by atoms with Crippen molar-refractivity contribution in [3.8, 4) is 17.1 Å². The van der Waals surface area contributed by atoms with Gasteiger partial charge in [0.05, 0.1) is 16.6 Å². The third kappa shape index (κ3) is 2.08. The molecule has 108 valence electrons. The van der Waals surface area contributed by atoms with E-state index in [4.69, 9.17) is 0 Å². The van der Waals surface area contributed by atoms with Gasteiger partial charge in [-0.3, -0.25) is 0 Å². The molecule has 0 aliphatic carbocycles. The summed E-state index contributed by atoms with van der Waals surface area (Å²) in [5, 5.41) is 9.30. The van der Waals surface area contributed by atoms with Crippen LogP contribution < -0.4 is 0 Å². The van der Waals surface area contributed by atoms with Crippen LogP contribution in [0.15, 0.2) is 28.7 Å². The largest absolute Gasteiger partial charge is 0.503 e. The van der Waals surface area contributed by atoms with Gasteiger partial charge in [0.1, 0.15) is 5.82 Å². The van der Waals surface area contributed by atoms with Crippen LogP contribution in [0.5, 0.6) is 5.75 Å². The summed E-state index contributed by atoms with van der Waals surface area (Å²) in [6.45, 7) is 0. The standard InChI is InChI=1S/C14H8BrF3N2O/c1-20-10-3-2-6(15)4-9(10)19-14(20)7-5-8(16)12(18)13(21)11(7)17/h2-5,21H,1H3. The van der Waals surface area contributed by atoms with Crippen molar-refractivity contribution >= 4 is 27.0 Å². The van der Waals surface area contributed by atoms with E-state index in [1.54, 1.807) is 25.2 Å². The quantitative estimate of drug-likeness (QED) is 0.666. The Morgan fingerprint density at radius 2 is 1.86 bits per heavy atom. The molecule has 0 saturated heterocycles. The predicted octanol–water partition coefficient (Wildman–Crippen LogP) is 4.13. The molecular weight excluding hydrogens is 349 g/mol. The van der Waals surface area contributed by atoms with Crippen molar-refractivity contribution in [3.05, 3.63) is 46.2 Å². The highest BCUT2D eigenvalue weighted by atomic mass is 79.9. The highest BCUT2D eigenvalue weighted by Gasteiger charge is 2.22. The Balaban J connectivity index is 2.33. The molecule has 2 aromatic carbocycles. The number of hydrogen-bond acceptors (Lipinski definition) is 2. The Bertz CT molecular complexity index is 877. The summed E-state index contributed by atoms with van der Waals surface area (Å²) in [6.07, 6.45) is 0. The molecule has 0 radical (unpaired) electrons. The molecule has 3 nitrogen and oxygen atoms in total. The lowest BCUT2D eigenvalue weighted by Gasteiger charge is -2.07. The van der Waals surface area contributed by atoms with Gasteiger partial charge in [-0.15, -0.1) is 0 Å². The molecule has 0 atom stereocenters. The predicted molar refractivity (Wildman–Crippen MR) is 75.4 cm³/mol. The van der Waals surface area contributed by atoms with Crippen LogP contribution in [0.2, 0.25) is 0 Å². The zero-order valence-corrected chi connectivity index (χ0v) is 12.2. The number of nitrogens with zero attached hydrogens (tertiary/aromatic N) is 2. The Hall–Kier alpha value is -2.02. The van der Waals surface area contributed by atoms with Crippen LogP contribution in [0, 0.1) is 17.5 Å². The molecule has 0 amide bonds. The van der Waals surface area contributed by atoms with E-state index in [0.717, 1.165) is 4.47 Å². The second-order valence-corrected chi connectivity index (χ2v) is 5.43. The van der Waals surface area contributed by atoms with Gasteiger partial charge in [-0.1, -0.05) is 15.9 Å². The normalized spacial score (nSPS) is 11.3. The fourth-order valence-electron chi connectivity index (χ4n) is 2.17. The second kappa shape index (κ2) is 4.77. The van der Waals surface area contributed by atoms with Crippen molar-refractivity contribution in [2.75, 3.05) is 0 Å². The average Bonchev–Trinajstić information content (AvgIpc) is 2.77. The van der Waals surface area contributed by atoms with Crippen LogP contribution in [-0.4, -0.2) is 14.7 Å². The smallest absolute Gasteiger partial charge is 0.203 e. The summed E-state index contributed by atoms with van der Waals surface area (Å²) in [5.41, 5.74) is 0.948. The van der Waals surface area contributed by atoms with Gasteiger partial charge in [0.25, 0.3) is 0 Å². The first-order chi connectivity index (χ1) is 9.90. The Kier molecular flexibility index (Phi) is 3.16. The summed E-state index contributed by atoms with van der Waals surface area (Å²) in [6, 6.07) is 5.94. The molecule has 0 aliphatic heterocycles. The number of aryl methyl sites for hydroxylation is 1. The van der Waals surface area contributed by atoms with E-state index in [9.17, 15) is 18.3 Å². The molecule has 1 aromatic heterocycles. The Morgan fingerprint density at radius 3 is 2.57 bits per heavy atom. The SMILES string of the molecule is Cn1c(-c2cc(F)c(F)c(O)c2F)nc2cc(Br)ccc21. The van der Waals surface area contributed by atoms with E-state index in [-0.39, 0.29) is 11.4 Å². The van der Waals surface area contributed by atoms with Crippen molar-refractivity contribution in [2.24, 2.45) is 7.05 Å². The van der Waals surface area contributed by atoms with Crippen molar-refractivity contribution in [1.29, 1.82) is 0 Å². The van der Waals surface area contributed by atoms with Crippen LogP contribution in [0.25, 0.3) is 22.4 Å². The molecule has 0 fully saturated rings. The van der Waals surface area contributed by atoms with Gasteiger partial charge < -0.3 is 9.67 Å². The minimum absolute atomic E-state index is 0.0924. The van der Waals surface area contributed by atoms with Crippen LogP contribution in [0.3, 0.4) is 0 Å². The molecule has 21 heavy (non-hydrogen) atoms. The number of phenolic OH excluding ortho intramolecular Hbond substituents is 1. The number of halogens is 4. The third-order valence-corrected chi connectivity index (χ3v) is 3.71. The molecule has 7 heteroatoms. The van der Waals surface area contributed by atoms with Crippen LogP contribution in [0.4, 0.5) is 13.2 Å². The van der Waals surface area contributed by atoms with E-state index in [1.165, 1.54) is 4.57 Å². The number of rotatable bonds is 1. The lowest BCUT2D eigenvalue weighted by atomic mass is 10.1. The van der Waals surface area contributed by atoms with Gasteiger partial charge in [0.2, 0.25) is 5.82 Å². The van der Waals surface area contributed by atoms with Crippen molar-refractivity contribution in [2.45, 2.75) is 0 Å². The van der Waals surface area contributed by atoms with Gasteiger partial charge in [-0.25, -0.2) is 13.8 Å². The summed E-state index contributed by atoms with van der Waals surface area (Å²) in [7, 11) is 1.62. The Labute approximate surface area is 125 Å². The van der Waals surface area contributed by atoms with E-state index < -0.39 is 23.2 Å².